The molecule has 0 saturated heterocycles. The standard InChI is InChI=1S/C26H29FN4O4/c1-30-25(28)16-8-10-20(22(12-16)32-3)34-14-18-6-5-7-19(24(18)27)15-35-21-11-9-17(26(29)31-2)13-23(21)33-4/h5-13H,14-15H2,1-4H3,(H2,28,30)(H2,29,31). The molecule has 0 saturated carbocycles. The second-order valence-corrected chi connectivity index (χ2v) is 7.45. The fourth-order valence-corrected chi connectivity index (χ4v) is 3.34. The van der Waals surface area contributed by atoms with Crippen LogP contribution in [0.4, 0.5) is 4.39 Å². The molecular weight excluding hydrogens is 451 g/mol. The summed E-state index contributed by atoms with van der Waals surface area (Å²) < 4.78 is 37.6. The molecule has 4 N–H and O–H groups in total. The Morgan fingerprint density at radius 1 is 0.714 bits per heavy atom. The summed E-state index contributed by atoms with van der Waals surface area (Å²) in [5.41, 5.74) is 2.02. The van der Waals surface area contributed by atoms with Gasteiger partial charge in [0.15, 0.2) is 23.0 Å². The van der Waals surface area contributed by atoms with Crippen molar-refractivity contribution < 1.29 is 23.3 Å². The minimum Gasteiger partial charge on any atom is -0.493 e. The number of rotatable bonds is 10. The minimum atomic E-state index is -0.424. The zero-order valence-corrected chi connectivity index (χ0v) is 20.1. The molecule has 3 aromatic rings. The van der Waals surface area contributed by atoms with Gasteiger partial charge in [-0.1, -0.05) is 18.2 Å². The average molecular weight is 481 g/mol. The maximum Gasteiger partial charge on any atom is 0.161 e. The van der Waals surface area contributed by atoms with Crippen molar-refractivity contribution in [2.45, 2.75) is 13.2 Å². The Hall–Kier alpha value is -4.27. The van der Waals surface area contributed by atoms with E-state index in [0.717, 1.165) is 0 Å². The molecule has 9 heteroatoms. The van der Waals surface area contributed by atoms with E-state index in [2.05, 4.69) is 10.6 Å². The van der Waals surface area contributed by atoms with Gasteiger partial charge in [0.25, 0.3) is 0 Å². The molecule has 3 aromatic carbocycles. The highest BCUT2D eigenvalue weighted by atomic mass is 19.1. The SMILES string of the molecule is CNC(=N)c1ccc(OCc2cccc(COc3ccc(C(=N)NC)cc3OC)c2F)c(OC)c1. The molecule has 35 heavy (non-hydrogen) atoms. The van der Waals surface area contributed by atoms with Crippen molar-refractivity contribution in [3.8, 4) is 23.0 Å². The van der Waals surface area contributed by atoms with Gasteiger partial charge in [-0.2, -0.15) is 0 Å². The normalized spacial score (nSPS) is 10.3. The topological polar surface area (TPSA) is 109 Å². The Kier molecular flexibility index (Phi) is 8.50. The first-order chi connectivity index (χ1) is 16.9. The summed E-state index contributed by atoms with van der Waals surface area (Å²) in [4.78, 5) is 0. The van der Waals surface area contributed by atoms with Crippen LogP contribution in [0.25, 0.3) is 0 Å². The monoisotopic (exact) mass is 480 g/mol. The summed E-state index contributed by atoms with van der Waals surface area (Å²) in [6.45, 7) is -0.0218. The number of methoxy groups -OCH3 is 2. The van der Waals surface area contributed by atoms with Crippen LogP contribution < -0.4 is 29.6 Å². The zero-order valence-electron chi connectivity index (χ0n) is 20.1. The lowest BCUT2D eigenvalue weighted by Gasteiger charge is -2.15. The predicted octanol–water partition coefficient (Wildman–Crippen LogP) is 4.09. The Morgan fingerprint density at radius 2 is 1.14 bits per heavy atom. The predicted molar refractivity (Wildman–Crippen MR) is 133 cm³/mol. The average Bonchev–Trinajstić information content (AvgIpc) is 2.90. The molecule has 0 heterocycles. The molecule has 0 spiro atoms. The number of amidine groups is 2. The molecule has 0 unspecified atom stereocenters. The third kappa shape index (κ3) is 6.00. The molecule has 0 aliphatic carbocycles. The van der Waals surface area contributed by atoms with E-state index >= 15 is 4.39 Å². The largest absolute Gasteiger partial charge is 0.493 e. The van der Waals surface area contributed by atoms with Crippen molar-refractivity contribution in [3.05, 3.63) is 82.7 Å². The Bertz CT molecular complexity index is 1130. The molecule has 0 fully saturated rings. The van der Waals surface area contributed by atoms with E-state index in [1.54, 1.807) is 68.7 Å². The molecule has 3 rings (SSSR count). The van der Waals surface area contributed by atoms with Crippen LogP contribution in [0, 0.1) is 16.6 Å². The lowest BCUT2D eigenvalue weighted by Crippen LogP contribution is -2.17. The lowest BCUT2D eigenvalue weighted by atomic mass is 10.1. The van der Waals surface area contributed by atoms with E-state index in [4.69, 9.17) is 29.8 Å². The number of halogens is 1. The second-order valence-electron chi connectivity index (χ2n) is 7.45. The number of hydrogen-bond acceptors (Lipinski definition) is 6. The number of benzene rings is 3. The van der Waals surface area contributed by atoms with Crippen molar-refractivity contribution in [3.63, 3.8) is 0 Å². The van der Waals surface area contributed by atoms with E-state index in [1.807, 2.05) is 0 Å². The van der Waals surface area contributed by atoms with Crippen LogP contribution in [0.3, 0.4) is 0 Å². The highest BCUT2D eigenvalue weighted by molar-refractivity contribution is 5.97. The van der Waals surface area contributed by atoms with Crippen LogP contribution in [0.1, 0.15) is 22.3 Å². The fourth-order valence-electron chi connectivity index (χ4n) is 3.34. The van der Waals surface area contributed by atoms with Gasteiger partial charge in [-0.05, 0) is 36.4 Å². The van der Waals surface area contributed by atoms with Crippen LogP contribution in [0.5, 0.6) is 23.0 Å². The van der Waals surface area contributed by atoms with Crippen LogP contribution >= 0.6 is 0 Å². The first-order valence-electron chi connectivity index (χ1n) is 10.8. The van der Waals surface area contributed by atoms with Gasteiger partial charge in [0, 0.05) is 36.3 Å². The van der Waals surface area contributed by atoms with Gasteiger partial charge in [0.2, 0.25) is 0 Å². The first kappa shape index (κ1) is 25.4. The Balaban J connectivity index is 1.72. The fraction of sp³-hybridized carbons (Fsp3) is 0.231. The van der Waals surface area contributed by atoms with Gasteiger partial charge in [-0.25, -0.2) is 4.39 Å². The van der Waals surface area contributed by atoms with Gasteiger partial charge in [0.05, 0.1) is 14.2 Å². The third-order valence-corrected chi connectivity index (χ3v) is 5.33. The van der Waals surface area contributed by atoms with E-state index in [-0.39, 0.29) is 24.9 Å². The minimum absolute atomic E-state index is 0.0109. The van der Waals surface area contributed by atoms with E-state index in [9.17, 15) is 0 Å². The van der Waals surface area contributed by atoms with E-state index in [1.165, 1.54) is 14.2 Å². The van der Waals surface area contributed by atoms with Gasteiger partial charge >= 0.3 is 0 Å². The molecular formula is C26H29FN4O4. The summed E-state index contributed by atoms with van der Waals surface area (Å²) >= 11 is 0. The van der Waals surface area contributed by atoms with Gasteiger partial charge in [0.1, 0.15) is 30.7 Å². The Labute approximate surface area is 204 Å². The van der Waals surface area contributed by atoms with Crippen molar-refractivity contribution in [2.24, 2.45) is 0 Å². The summed E-state index contributed by atoms with van der Waals surface area (Å²) in [5, 5.41) is 21.3. The third-order valence-electron chi connectivity index (χ3n) is 5.33. The van der Waals surface area contributed by atoms with Crippen molar-refractivity contribution in [1.82, 2.24) is 10.6 Å². The molecule has 8 nitrogen and oxygen atoms in total. The molecule has 0 aliphatic heterocycles. The maximum absolute atomic E-state index is 15.2. The van der Waals surface area contributed by atoms with Gasteiger partial charge < -0.3 is 29.6 Å². The quantitative estimate of drug-likeness (QED) is 0.257. The van der Waals surface area contributed by atoms with E-state index < -0.39 is 5.82 Å². The first-order valence-corrected chi connectivity index (χ1v) is 10.8. The number of nitrogens with one attached hydrogen (secondary N) is 4. The molecule has 0 radical (unpaired) electrons. The zero-order chi connectivity index (χ0) is 25.4. The molecule has 184 valence electrons. The highest BCUT2D eigenvalue weighted by Gasteiger charge is 2.14. The van der Waals surface area contributed by atoms with Crippen LogP contribution in [0.2, 0.25) is 0 Å². The van der Waals surface area contributed by atoms with Crippen LogP contribution in [0.15, 0.2) is 54.6 Å². The van der Waals surface area contributed by atoms with Crippen molar-refractivity contribution in [1.29, 1.82) is 10.8 Å². The Morgan fingerprint density at radius 3 is 1.51 bits per heavy atom. The smallest absolute Gasteiger partial charge is 0.161 e. The maximum atomic E-state index is 15.2. The van der Waals surface area contributed by atoms with Crippen LogP contribution in [-0.2, 0) is 13.2 Å². The number of ether oxygens (including phenoxy) is 4. The summed E-state index contributed by atoms with van der Waals surface area (Å²) in [5.74, 6) is 1.86. The molecule has 0 atom stereocenters. The van der Waals surface area contributed by atoms with Gasteiger partial charge in [-0.3, -0.25) is 10.8 Å². The summed E-state index contributed by atoms with van der Waals surface area (Å²) in [7, 11) is 6.35. The van der Waals surface area contributed by atoms with Gasteiger partial charge in [-0.15, -0.1) is 0 Å². The van der Waals surface area contributed by atoms with Crippen LogP contribution in [-0.4, -0.2) is 40.0 Å². The molecule has 0 aliphatic rings. The molecule has 0 amide bonds. The summed E-state index contributed by atoms with van der Waals surface area (Å²) in [6, 6.07) is 15.2. The number of hydrogen-bond donors (Lipinski definition) is 4. The molecule has 0 aromatic heterocycles. The van der Waals surface area contributed by atoms with Crippen molar-refractivity contribution in [2.75, 3.05) is 28.3 Å². The highest BCUT2D eigenvalue weighted by Crippen LogP contribution is 2.31. The summed E-state index contributed by atoms with van der Waals surface area (Å²) in [6.07, 6.45) is 0. The van der Waals surface area contributed by atoms with E-state index in [0.29, 0.717) is 45.3 Å². The second kappa shape index (κ2) is 11.7. The van der Waals surface area contributed by atoms with Crippen molar-refractivity contribution >= 4 is 11.7 Å². The molecule has 0 bridgehead atoms. The lowest BCUT2D eigenvalue weighted by molar-refractivity contribution is 0.270.